The van der Waals surface area contributed by atoms with Crippen molar-refractivity contribution in [3.8, 4) is 0 Å². The van der Waals surface area contributed by atoms with Gasteiger partial charge in [-0.2, -0.15) is 0 Å². The molecule has 126 valence electrons. The summed E-state index contributed by atoms with van der Waals surface area (Å²) in [5.74, 6) is 0.0869. The maximum atomic E-state index is 12.3. The average molecular weight is 336 g/mol. The van der Waals surface area contributed by atoms with Crippen LogP contribution in [0.4, 0.5) is 4.79 Å². The first-order chi connectivity index (χ1) is 10.8. The molecule has 6 heteroatoms. The molecule has 1 heterocycles. The number of rotatable bonds is 5. The molecule has 0 radical (unpaired) electrons. The van der Waals surface area contributed by atoms with E-state index in [1.807, 2.05) is 37.3 Å². The number of benzene rings is 1. The van der Waals surface area contributed by atoms with Crippen molar-refractivity contribution in [3.05, 3.63) is 42.0 Å². The lowest BCUT2D eigenvalue weighted by Crippen LogP contribution is -2.46. The van der Waals surface area contributed by atoms with Crippen LogP contribution >= 0.6 is 0 Å². The van der Waals surface area contributed by atoms with Crippen molar-refractivity contribution in [1.82, 2.24) is 10.2 Å². The van der Waals surface area contributed by atoms with Crippen LogP contribution in [0.1, 0.15) is 25.3 Å². The van der Waals surface area contributed by atoms with E-state index in [1.54, 1.807) is 4.90 Å². The Hall–Kier alpha value is -1.82. The Morgan fingerprint density at radius 2 is 2.00 bits per heavy atom. The number of carbonyl (C=O) groups excluding carboxylic acids is 1. The van der Waals surface area contributed by atoms with Crippen LogP contribution < -0.4 is 5.32 Å². The van der Waals surface area contributed by atoms with Crippen molar-refractivity contribution in [2.24, 2.45) is 0 Å². The highest BCUT2D eigenvalue weighted by molar-refractivity contribution is 7.90. The van der Waals surface area contributed by atoms with Crippen LogP contribution in [0, 0.1) is 0 Å². The van der Waals surface area contributed by atoms with Gasteiger partial charge in [0.25, 0.3) is 0 Å². The zero-order chi connectivity index (χ0) is 16.9. The Morgan fingerprint density at radius 3 is 2.65 bits per heavy atom. The van der Waals surface area contributed by atoms with Gasteiger partial charge in [-0.25, -0.2) is 13.2 Å². The number of urea groups is 1. The molecule has 0 spiro atoms. The lowest BCUT2D eigenvalue weighted by molar-refractivity contribution is 0.200. The van der Waals surface area contributed by atoms with Gasteiger partial charge in [-0.3, -0.25) is 0 Å². The van der Waals surface area contributed by atoms with E-state index >= 15 is 0 Å². The largest absolute Gasteiger partial charge is 0.335 e. The lowest BCUT2D eigenvalue weighted by atomic mass is 10.0. The SMILES string of the molecule is C[C@H](CCS(C)(=O)=O)NC(=O)N1CCC=C(c2ccccc2)C1. The Labute approximate surface area is 138 Å². The minimum Gasteiger partial charge on any atom is -0.335 e. The van der Waals surface area contributed by atoms with Crippen LogP contribution in [0.5, 0.6) is 0 Å². The zero-order valence-corrected chi connectivity index (χ0v) is 14.5. The van der Waals surface area contributed by atoms with Crippen molar-refractivity contribution in [2.45, 2.75) is 25.8 Å². The van der Waals surface area contributed by atoms with Crippen molar-refractivity contribution in [2.75, 3.05) is 25.1 Å². The van der Waals surface area contributed by atoms with E-state index in [4.69, 9.17) is 0 Å². The first-order valence-electron chi connectivity index (χ1n) is 7.83. The molecular weight excluding hydrogens is 312 g/mol. The van der Waals surface area contributed by atoms with Gasteiger partial charge in [0.05, 0.1) is 5.75 Å². The molecule has 0 bridgehead atoms. The van der Waals surface area contributed by atoms with Crippen LogP contribution in [0.2, 0.25) is 0 Å². The Bertz CT molecular complexity index is 668. The topological polar surface area (TPSA) is 66.5 Å². The Kier molecular flexibility index (Phi) is 5.82. The van der Waals surface area contributed by atoms with Gasteiger partial charge >= 0.3 is 6.03 Å². The number of sulfone groups is 1. The molecule has 1 aliphatic heterocycles. The molecule has 0 aromatic heterocycles. The van der Waals surface area contributed by atoms with Gasteiger partial charge in [-0.1, -0.05) is 36.4 Å². The van der Waals surface area contributed by atoms with E-state index in [0.29, 0.717) is 19.5 Å². The number of nitrogens with zero attached hydrogens (tertiary/aromatic N) is 1. The summed E-state index contributed by atoms with van der Waals surface area (Å²) in [5, 5.41) is 2.89. The van der Waals surface area contributed by atoms with Crippen LogP contribution in [-0.2, 0) is 9.84 Å². The van der Waals surface area contributed by atoms with Gasteiger partial charge in [-0.05, 0) is 30.9 Å². The van der Waals surface area contributed by atoms with E-state index in [-0.39, 0.29) is 17.8 Å². The summed E-state index contributed by atoms with van der Waals surface area (Å²) >= 11 is 0. The van der Waals surface area contributed by atoms with Gasteiger partial charge in [0.2, 0.25) is 0 Å². The van der Waals surface area contributed by atoms with Crippen molar-refractivity contribution >= 4 is 21.4 Å². The molecule has 1 N–H and O–H groups in total. The number of hydrogen-bond acceptors (Lipinski definition) is 3. The second-order valence-corrected chi connectivity index (χ2v) is 8.33. The summed E-state index contributed by atoms with van der Waals surface area (Å²) in [6.45, 7) is 3.09. The highest BCUT2D eigenvalue weighted by Crippen LogP contribution is 2.20. The van der Waals surface area contributed by atoms with Crippen LogP contribution in [0.25, 0.3) is 5.57 Å². The van der Waals surface area contributed by atoms with Crippen LogP contribution in [-0.4, -0.2) is 50.5 Å². The molecule has 1 aliphatic rings. The fourth-order valence-electron chi connectivity index (χ4n) is 2.54. The van der Waals surface area contributed by atoms with Crippen LogP contribution in [0.15, 0.2) is 36.4 Å². The maximum absolute atomic E-state index is 12.3. The second-order valence-electron chi connectivity index (χ2n) is 6.07. The molecule has 0 aliphatic carbocycles. The monoisotopic (exact) mass is 336 g/mol. The van der Waals surface area contributed by atoms with Crippen molar-refractivity contribution < 1.29 is 13.2 Å². The molecule has 1 atom stereocenters. The smallest absolute Gasteiger partial charge is 0.317 e. The fourth-order valence-corrected chi connectivity index (χ4v) is 3.33. The molecular formula is C17H24N2O3S. The number of carbonyl (C=O) groups is 1. The predicted molar refractivity (Wildman–Crippen MR) is 92.9 cm³/mol. The standard InChI is InChI=1S/C17H24N2O3S/c1-14(10-12-23(2,21)22)18-17(20)19-11-6-9-16(13-19)15-7-4-3-5-8-15/h3-5,7-9,14H,6,10-13H2,1-2H3,(H,18,20)/t14-/m1/s1. The molecule has 0 saturated heterocycles. The van der Waals surface area contributed by atoms with Gasteiger partial charge in [0.15, 0.2) is 0 Å². The highest BCUT2D eigenvalue weighted by atomic mass is 32.2. The number of nitrogens with one attached hydrogen (secondary N) is 1. The van der Waals surface area contributed by atoms with E-state index < -0.39 is 9.84 Å². The number of amides is 2. The molecule has 23 heavy (non-hydrogen) atoms. The van der Waals surface area contributed by atoms with Crippen molar-refractivity contribution in [3.63, 3.8) is 0 Å². The maximum Gasteiger partial charge on any atom is 0.317 e. The van der Waals surface area contributed by atoms with Gasteiger partial charge < -0.3 is 10.2 Å². The molecule has 2 amide bonds. The third kappa shape index (κ3) is 5.71. The van der Waals surface area contributed by atoms with E-state index in [0.717, 1.165) is 17.6 Å². The third-order valence-electron chi connectivity index (χ3n) is 3.87. The fraction of sp³-hybridized carbons (Fsp3) is 0.471. The van der Waals surface area contributed by atoms with Gasteiger partial charge in [0.1, 0.15) is 9.84 Å². The molecule has 0 saturated carbocycles. The first-order valence-corrected chi connectivity index (χ1v) is 9.89. The number of hydrogen-bond donors (Lipinski definition) is 1. The molecule has 0 unspecified atom stereocenters. The summed E-state index contributed by atoms with van der Waals surface area (Å²) in [4.78, 5) is 14.1. The third-order valence-corrected chi connectivity index (χ3v) is 4.85. The van der Waals surface area contributed by atoms with Gasteiger partial charge in [-0.15, -0.1) is 0 Å². The normalized spacial score (nSPS) is 16.6. The molecule has 2 rings (SSSR count). The summed E-state index contributed by atoms with van der Waals surface area (Å²) in [5.41, 5.74) is 2.28. The van der Waals surface area contributed by atoms with Crippen molar-refractivity contribution in [1.29, 1.82) is 0 Å². The van der Waals surface area contributed by atoms with E-state index in [2.05, 4.69) is 11.4 Å². The van der Waals surface area contributed by atoms with Crippen LogP contribution in [0.3, 0.4) is 0 Å². The quantitative estimate of drug-likeness (QED) is 0.897. The Morgan fingerprint density at radius 1 is 1.30 bits per heavy atom. The minimum absolute atomic E-state index is 0.0869. The Balaban J connectivity index is 1.90. The van der Waals surface area contributed by atoms with E-state index in [9.17, 15) is 13.2 Å². The molecule has 5 nitrogen and oxygen atoms in total. The second kappa shape index (κ2) is 7.64. The summed E-state index contributed by atoms with van der Waals surface area (Å²) < 4.78 is 22.4. The molecule has 0 fully saturated rings. The highest BCUT2D eigenvalue weighted by Gasteiger charge is 2.20. The predicted octanol–water partition coefficient (Wildman–Crippen LogP) is 2.31. The van der Waals surface area contributed by atoms with Gasteiger partial charge in [0, 0.05) is 25.4 Å². The van der Waals surface area contributed by atoms with E-state index in [1.165, 1.54) is 6.26 Å². The lowest BCUT2D eigenvalue weighted by Gasteiger charge is -2.29. The summed E-state index contributed by atoms with van der Waals surface area (Å²) in [6, 6.07) is 9.74. The minimum atomic E-state index is -3.00. The summed E-state index contributed by atoms with van der Waals surface area (Å²) in [6.07, 6.45) is 4.64. The molecule has 1 aromatic rings. The molecule has 1 aromatic carbocycles. The first kappa shape index (κ1) is 17.5. The zero-order valence-electron chi connectivity index (χ0n) is 13.7. The summed E-state index contributed by atoms with van der Waals surface area (Å²) in [7, 11) is -3.00. The average Bonchev–Trinajstić information content (AvgIpc) is 2.53.